The normalized spacial score (nSPS) is 14.3. The van der Waals surface area contributed by atoms with Crippen LogP contribution in [0.2, 0.25) is 0 Å². The molecular weight excluding hydrogens is 496 g/mol. The van der Waals surface area contributed by atoms with Gasteiger partial charge in [-0.2, -0.15) is 0 Å². The van der Waals surface area contributed by atoms with Crippen molar-refractivity contribution in [2.45, 2.75) is 57.5 Å². The highest BCUT2D eigenvalue weighted by molar-refractivity contribution is 6.09. The molecule has 39 heavy (non-hydrogen) atoms. The van der Waals surface area contributed by atoms with Gasteiger partial charge in [0.05, 0.1) is 27.5 Å². The number of nitrogens with zero attached hydrogens (tertiary/aromatic N) is 3. The first-order valence-electron chi connectivity index (χ1n) is 13.3. The minimum Gasteiger partial charge on any atom is -0.493 e. The number of anilines is 1. The third-order valence-electron chi connectivity index (χ3n) is 7.08. The van der Waals surface area contributed by atoms with Crippen molar-refractivity contribution in [1.82, 2.24) is 15.3 Å². The zero-order chi connectivity index (χ0) is 27.8. The molecule has 206 valence electrons. The quantitative estimate of drug-likeness (QED) is 0.396. The highest BCUT2D eigenvalue weighted by atomic mass is 16.5. The maximum Gasteiger partial charge on any atom is 0.279 e. The van der Waals surface area contributed by atoms with Crippen LogP contribution in [0.3, 0.4) is 0 Å². The van der Waals surface area contributed by atoms with Crippen LogP contribution in [-0.4, -0.2) is 49.2 Å². The summed E-state index contributed by atoms with van der Waals surface area (Å²) in [7, 11) is 4.56. The van der Waals surface area contributed by atoms with Crippen molar-refractivity contribution < 1.29 is 23.8 Å². The Balaban J connectivity index is 1.90. The molecule has 3 aromatic rings. The summed E-state index contributed by atoms with van der Waals surface area (Å²) in [5, 5.41) is 3.22. The number of carbonyl (C=O) groups excluding carboxylic acids is 2. The van der Waals surface area contributed by atoms with Crippen LogP contribution < -0.4 is 24.4 Å². The molecule has 1 heterocycles. The zero-order valence-corrected chi connectivity index (χ0v) is 23.0. The molecule has 0 spiro atoms. The highest BCUT2D eigenvalue weighted by Crippen LogP contribution is 2.42. The van der Waals surface area contributed by atoms with Crippen LogP contribution in [-0.2, 0) is 11.2 Å². The van der Waals surface area contributed by atoms with Gasteiger partial charge in [-0.05, 0) is 54.7 Å². The molecule has 2 aromatic carbocycles. The first-order chi connectivity index (χ1) is 19.0. The number of ether oxygens (including phenoxy) is 3. The van der Waals surface area contributed by atoms with Crippen LogP contribution in [0.4, 0.5) is 5.69 Å². The van der Waals surface area contributed by atoms with Gasteiger partial charge >= 0.3 is 0 Å². The highest BCUT2D eigenvalue weighted by Gasteiger charge is 2.36. The molecule has 9 nitrogen and oxygen atoms in total. The van der Waals surface area contributed by atoms with Gasteiger partial charge < -0.3 is 19.5 Å². The number of hydrogen-bond donors (Lipinski definition) is 1. The summed E-state index contributed by atoms with van der Waals surface area (Å²) in [5.74, 6) is 0.415. The molecule has 2 amide bonds. The maximum absolute atomic E-state index is 14.2. The summed E-state index contributed by atoms with van der Waals surface area (Å²) < 4.78 is 16.7. The SMILES string of the molecule is CCc1ccc(N(C(=O)c2cnccn2)[C@@H](C(=O)NC2CCCCC2)c2cc(OC)c(OC)c(OC)c2)cc1. The second kappa shape index (κ2) is 13.1. The average Bonchev–Trinajstić information content (AvgIpc) is 2.99. The van der Waals surface area contributed by atoms with Gasteiger partial charge in [-0.15, -0.1) is 0 Å². The number of aryl methyl sites for hydroxylation is 1. The van der Waals surface area contributed by atoms with E-state index in [9.17, 15) is 9.59 Å². The number of methoxy groups -OCH3 is 3. The molecule has 1 fully saturated rings. The Morgan fingerprint density at radius 3 is 2.18 bits per heavy atom. The van der Waals surface area contributed by atoms with Gasteiger partial charge in [-0.25, -0.2) is 4.98 Å². The van der Waals surface area contributed by atoms with Gasteiger partial charge in [-0.1, -0.05) is 38.3 Å². The fourth-order valence-corrected chi connectivity index (χ4v) is 5.01. The van der Waals surface area contributed by atoms with E-state index < -0.39 is 11.9 Å². The van der Waals surface area contributed by atoms with Crippen LogP contribution in [0.5, 0.6) is 17.2 Å². The van der Waals surface area contributed by atoms with E-state index in [1.807, 2.05) is 24.3 Å². The summed E-state index contributed by atoms with van der Waals surface area (Å²) in [6, 6.07) is 10.0. The number of nitrogens with one attached hydrogen (secondary N) is 1. The molecule has 1 atom stereocenters. The molecule has 1 aliphatic rings. The Kier molecular flexibility index (Phi) is 9.35. The fraction of sp³-hybridized carbons (Fsp3) is 0.400. The number of amides is 2. The molecule has 1 saturated carbocycles. The Morgan fingerprint density at radius 2 is 1.64 bits per heavy atom. The molecule has 0 bridgehead atoms. The lowest BCUT2D eigenvalue weighted by atomic mass is 9.94. The largest absolute Gasteiger partial charge is 0.493 e. The van der Waals surface area contributed by atoms with Crippen LogP contribution in [0.25, 0.3) is 0 Å². The smallest absolute Gasteiger partial charge is 0.279 e. The second-order valence-electron chi connectivity index (χ2n) is 9.49. The van der Waals surface area contributed by atoms with Crippen molar-refractivity contribution in [1.29, 1.82) is 0 Å². The third kappa shape index (κ3) is 6.30. The van der Waals surface area contributed by atoms with E-state index in [1.165, 1.54) is 44.8 Å². The first kappa shape index (κ1) is 27.9. The van der Waals surface area contributed by atoms with Gasteiger partial charge in [0.2, 0.25) is 11.7 Å². The van der Waals surface area contributed by atoms with Crippen LogP contribution >= 0.6 is 0 Å². The van der Waals surface area contributed by atoms with Crippen molar-refractivity contribution in [2.24, 2.45) is 0 Å². The van der Waals surface area contributed by atoms with E-state index >= 15 is 0 Å². The second-order valence-corrected chi connectivity index (χ2v) is 9.49. The fourth-order valence-electron chi connectivity index (χ4n) is 5.01. The number of benzene rings is 2. The van der Waals surface area contributed by atoms with Gasteiger partial charge in [-0.3, -0.25) is 19.5 Å². The topological polar surface area (TPSA) is 103 Å². The van der Waals surface area contributed by atoms with Gasteiger partial charge in [0.15, 0.2) is 11.5 Å². The Morgan fingerprint density at radius 1 is 0.974 bits per heavy atom. The van der Waals surface area contributed by atoms with E-state index in [-0.39, 0.29) is 17.6 Å². The van der Waals surface area contributed by atoms with E-state index in [0.29, 0.717) is 28.5 Å². The molecule has 0 aliphatic heterocycles. The van der Waals surface area contributed by atoms with Crippen LogP contribution in [0, 0.1) is 0 Å². The number of aromatic nitrogens is 2. The van der Waals surface area contributed by atoms with E-state index in [1.54, 1.807) is 12.1 Å². The summed E-state index contributed by atoms with van der Waals surface area (Å²) >= 11 is 0. The number of hydrogen-bond acceptors (Lipinski definition) is 7. The Hall–Kier alpha value is -4.14. The Labute approximate surface area is 229 Å². The van der Waals surface area contributed by atoms with Crippen molar-refractivity contribution in [3.05, 3.63) is 71.8 Å². The summed E-state index contributed by atoms with van der Waals surface area (Å²) in [5.41, 5.74) is 2.30. The van der Waals surface area contributed by atoms with Gasteiger partial charge in [0, 0.05) is 24.1 Å². The molecule has 1 N–H and O–H groups in total. The number of carbonyl (C=O) groups is 2. The first-order valence-corrected chi connectivity index (χ1v) is 13.3. The zero-order valence-electron chi connectivity index (χ0n) is 23.0. The lowest BCUT2D eigenvalue weighted by molar-refractivity contribution is -0.123. The summed E-state index contributed by atoms with van der Waals surface area (Å²) in [6.07, 6.45) is 10.3. The number of rotatable bonds is 10. The van der Waals surface area contributed by atoms with Crippen molar-refractivity contribution >= 4 is 17.5 Å². The molecule has 4 rings (SSSR count). The lowest BCUT2D eigenvalue weighted by Gasteiger charge is -2.33. The molecule has 0 unspecified atom stereocenters. The third-order valence-corrected chi connectivity index (χ3v) is 7.08. The minimum atomic E-state index is -1.05. The van der Waals surface area contributed by atoms with Gasteiger partial charge in [0.1, 0.15) is 11.7 Å². The van der Waals surface area contributed by atoms with Crippen molar-refractivity contribution in [2.75, 3.05) is 26.2 Å². The summed E-state index contributed by atoms with van der Waals surface area (Å²) in [6.45, 7) is 2.06. The van der Waals surface area contributed by atoms with E-state index in [4.69, 9.17) is 14.2 Å². The molecule has 9 heteroatoms. The molecule has 1 aliphatic carbocycles. The van der Waals surface area contributed by atoms with Gasteiger partial charge in [0.25, 0.3) is 5.91 Å². The predicted octanol–water partition coefficient (Wildman–Crippen LogP) is 4.90. The van der Waals surface area contributed by atoms with E-state index in [2.05, 4.69) is 22.2 Å². The maximum atomic E-state index is 14.2. The minimum absolute atomic E-state index is 0.0340. The summed E-state index contributed by atoms with van der Waals surface area (Å²) in [4.78, 5) is 38.1. The molecule has 1 aromatic heterocycles. The van der Waals surface area contributed by atoms with Crippen molar-refractivity contribution in [3.63, 3.8) is 0 Å². The predicted molar refractivity (Wildman–Crippen MR) is 149 cm³/mol. The molecular formula is C30H36N4O5. The van der Waals surface area contributed by atoms with Crippen LogP contribution in [0.15, 0.2) is 55.0 Å². The Bertz CT molecular complexity index is 1240. The van der Waals surface area contributed by atoms with E-state index in [0.717, 1.165) is 44.1 Å². The molecule has 0 saturated heterocycles. The lowest BCUT2D eigenvalue weighted by Crippen LogP contribution is -2.47. The molecule has 0 radical (unpaired) electrons. The standard InChI is InChI=1S/C30H36N4O5/c1-5-20-11-13-23(14-12-20)34(30(36)24-19-31-15-16-32-24)27(29(35)33-22-9-7-6-8-10-22)21-17-25(37-2)28(39-4)26(18-21)38-3/h11-19,22,27H,5-10H2,1-4H3,(H,33,35)/t27-/m1/s1. The van der Waals surface area contributed by atoms with Crippen LogP contribution in [0.1, 0.15) is 66.7 Å². The van der Waals surface area contributed by atoms with Crippen molar-refractivity contribution in [3.8, 4) is 17.2 Å². The average molecular weight is 533 g/mol. The monoisotopic (exact) mass is 532 g/mol.